The molecule has 0 aromatic heterocycles. The van der Waals surface area contributed by atoms with Crippen molar-refractivity contribution in [3.8, 4) is 11.5 Å². The smallest absolute Gasteiger partial charge is 0.497 e. The Morgan fingerprint density at radius 1 is 1.05 bits per heavy atom. The number of carbonyl (C=O) groups is 2. The van der Waals surface area contributed by atoms with Gasteiger partial charge in [0.1, 0.15) is 11.5 Å². The minimum atomic E-state index is -0.775. The number of hydrogen-bond acceptors (Lipinski definition) is 6. The van der Waals surface area contributed by atoms with E-state index in [-0.39, 0.29) is 13.2 Å². The number of esters is 1. The molecule has 0 saturated heterocycles. The van der Waals surface area contributed by atoms with Crippen LogP contribution in [0.5, 0.6) is 11.5 Å². The molecule has 0 atom stereocenters. The fraction of sp³-hybridized carbons (Fsp3) is 0.333. The van der Waals surface area contributed by atoms with Crippen molar-refractivity contribution in [1.29, 1.82) is 0 Å². The first-order valence-corrected chi connectivity index (χ1v) is 6.43. The third kappa shape index (κ3) is 7.00. The van der Waals surface area contributed by atoms with Gasteiger partial charge in [0.05, 0.1) is 20.3 Å². The van der Waals surface area contributed by atoms with Crippen molar-refractivity contribution in [2.75, 3.05) is 20.3 Å². The minimum absolute atomic E-state index is 0.195. The molecule has 1 aromatic rings. The van der Waals surface area contributed by atoms with Gasteiger partial charge >= 0.3 is 12.1 Å². The summed E-state index contributed by atoms with van der Waals surface area (Å²) >= 11 is 0. The monoisotopic (exact) mass is 294 g/mol. The molecule has 1 rings (SSSR count). The summed E-state index contributed by atoms with van der Waals surface area (Å²) in [5, 5.41) is 0. The van der Waals surface area contributed by atoms with Crippen LogP contribution in [0.3, 0.4) is 0 Å². The SMILES string of the molecule is C=CC(=O)OCCCCOC(=O)Oc1ccc(OC)cc1. The molecule has 0 aliphatic heterocycles. The van der Waals surface area contributed by atoms with E-state index in [1.807, 2.05) is 0 Å². The lowest BCUT2D eigenvalue weighted by atomic mass is 10.3. The van der Waals surface area contributed by atoms with Gasteiger partial charge in [0.15, 0.2) is 0 Å². The summed E-state index contributed by atoms with van der Waals surface area (Å²) in [5.41, 5.74) is 0. The fourth-order valence-electron chi connectivity index (χ4n) is 1.36. The van der Waals surface area contributed by atoms with Gasteiger partial charge < -0.3 is 18.9 Å². The second-order valence-corrected chi connectivity index (χ2v) is 3.95. The molecular weight excluding hydrogens is 276 g/mol. The Bertz CT molecular complexity index is 466. The molecule has 0 amide bonds. The van der Waals surface area contributed by atoms with E-state index in [2.05, 4.69) is 6.58 Å². The summed E-state index contributed by atoms with van der Waals surface area (Å²) in [4.78, 5) is 22.1. The van der Waals surface area contributed by atoms with Crippen LogP contribution >= 0.6 is 0 Å². The van der Waals surface area contributed by atoms with E-state index >= 15 is 0 Å². The number of unbranched alkanes of at least 4 members (excludes halogenated alkanes) is 1. The molecule has 6 nitrogen and oxygen atoms in total. The molecule has 0 saturated carbocycles. The number of hydrogen-bond donors (Lipinski definition) is 0. The highest BCUT2D eigenvalue weighted by Crippen LogP contribution is 2.17. The highest BCUT2D eigenvalue weighted by molar-refractivity contribution is 5.81. The largest absolute Gasteiger partial charge is 0.513 e. The maximum atomic E-state index is 11.4. The predicted molar refractivity (Wildman–Crippen MR) is 75.4 cm³/mol. The zero-order chi connectivity index (χ0) is 15.5. The van der Waals surface area contributed by atoms with E-state index in [0.717, 1.165) is 6.08 Å². The summed E-state index contributed by atoms with van der Waals surface area (Å²) < 4.78 is 19.6. The number of benzene rings is 1. The van der Waals surface area contributed by atoms with E-state index < -0.39 is 12.1 Å². The minimum Gasteiger partial charge on any atom is -0.497 e. The number of methoxy groups -OCH3 is 1. The maximum absolute atomic E-state index is 11.4. The van der Waals surface area contributed by atoms with Crippen LogP contribution in [0, 0.1) is 0 Å². The zero-order valence-electron chi connectivity index (χ0n) is 11.9. The van der Waals surface area contributed by atoms with Gasteiger partial charge in [-0.2, -0.15) is 0 Å². The van der Waals surface area contributed by atoms with E-state index in [1.165, 1.54) is 0 Å². The Balaban J connectivity index is 2.13. The molecule has 6 heteroatoms. The molecular formula is C15H18O6. The summed E-state index contributed by atoms with van der Waals surface area (Å²) in [5.74, 6) is 0.584. The Hall–Kier alpha value is -2.50. The molecule has 21 heavy (non-hydrogen) atoms. The van der Waals surface area contributed by atoms with Crippen molar-refractivity contribution in [1.82, 2.24) is 0 Å². The van der Waals surface area contributed by atoms with E-state index in [4.69, 9.17) is 18.9 Å². The lowest BCUT2D eigenvalue weighted by Crippen LogP contribution is -2.12. The van der Waals surface area contributed by atoms with Crippen molar-refractivity contribution in [3.05, 3.63) is 36.9 Å². The first-order valence-electron chi connectivity index (χ1n) is 6.43. The highest BCUT2D eigenvalue weighted by atomic mass is 16.7. The fourth-order valence-corrected chi connectivity index (χ4v) is 1.36. The van der Waals surface area contributed by atoms with Crippen molar-refractivity contribution in [2.45, 2.75) is 12.8 Å². The van der Waals surface area contributed by atoms with Crippen molar-refractivity contribution in [3.63, 3.8) is 0 Å². The maximum Gasteiger partial charge on any atom is 0.513 e. The van der Waals surface area contributed by atoms with Crippen LogP contribution in [-0.4, -0.2) is 32.4 Å². The van der Waals surface area contributed by atoms with Crippen LogP contribution in [0.25, 0.3) is 0 Å². The Kier molecular flexibility index (Phi) is 7.42. The third-order valence-electron chi connectivity index (χ3n) is 2.43. The molecule has 0 fully saturated rings. The van der Waals surface area contributed by atoms with Gasteiger partial charge in [-0.05, 0) is 37.1 Å². The molecule has 114 valence electrons. The summed E-state index contributed by atoms with van der Waals surface area (Å²) in [6.07, 6.45) is 1.49. The molecule has 0 N–H and O–H groups in total. The Morgan fingerprint density at radius 3 is 2.19 bits per heavy atom. The second kappa shape index (κ2) is 9.41. The highest BCUT2D eigenvalue weighted by Gasteiger charge is 2.06. The van der Waals surface area contributed by atoms with Crippen LogP contribution in [0.1, 0.15) is 12.8 Å². The molecule has 0 heterocycles. The molecule has 0 aliphatic rings. The normalized spacial score (nSPS) is 9.57. The Labute approximate surface area is 123 Å². The zero-order valence-corrected chi connectivity index (χ0v) is 11.9. The van der Waals surface area contributed by atoms with Crippen LogP contribution in [0.15, 0.2) is 36.9 Å². The number of ether oxygens (including phenoxy) is 4. The quantitative estimate of drug-likeness (QED) is 0.318. The lowest BCUT2D eigenvalue weighted by molar-refractivity contribution is -0.137. The molecule has 0 bridgehead atoms. The molecule has 0 aliphatic carbocycles. The summed E-state index contributed by atoms with van der Waals surface area (Å²) in [7, 11) is 1.55. The predicted octanol–water partition coefficient (Wildman–Crippen LogP) is 2.72. The van der Waals surface area contributed by atoms with Gasteiger partial charge in [-0.15, -0.1) is 0 Å². The van der Waals surface area contributed by atoms with Gasteiger partial charge in [-0.3, -0.25) is 0 Å². The van der Waals surface area contributed by atoms with Crippen LogP contribution in [0.4, 0.5) is 4.79 Å². The lowest BCUT2D eigenvalue weighted by Gasteiger charge is -2.06. The molecule has 0 spiro atoms. The third-order valence-corrected chi connectivity index (χ3v) is 2.43. The average Bonchev–Trinajstić information content (AvgIpc) is 2.51. The van der Waals surface area contributed by atoms with Crippen molar-refractivity contribution in [2.24, 2.45) is 0 Å². The number of rotatable bonds is 8. The van der Waals surface area contributed by atoms with Gasteiger partial charge in [0.2, 0.25) is 0 Å². The summed E-state index contributed by atoms with van der Waals surface area (Å²) in [6.45, 7) is 3.74. The average molecular weight is 294 g/mol. The first-order chi connectivity index (χ1) is 10.2. The van der Waals surface area contributed by atoms with Crippen LogP contribution in [-0.2, 0) is 14.3 Å². The number of carbonyl (C=O) groups excluding carboxylic acids is 2. The second-order valence-electron chi connectivity index (χ2n) is 3.95. The van der Waals surface area contributed by atoms with E-state index in [9.17, 15) is 9.59 Å². The first kappa shape index (κ1) is 16.6. The summed E-state index contributed by atoms with van der Waals surface area (Å²) in [6, 6.07) is 6.57. The van der Waals surface area contributed by atoms with Gasteiger partial charge in [0.25, 0.3) is 0 Å². The topological polar surface area (TPSA) is 71.1 Å². The van der Waals surface area contributed by atoms with E-state index in [1.54, 1.807) is 31.4 Å². The van der Waals surface area contributed by atoms with Crippen LogP contribution < -0.4 is 9.47 Å². The Morgan fingerprint density at radius 2 is 1.62 bits per heavy atom. The van der Waals surface area contributed by atoms with Crippen molar-refractivity contribution >= 4 is 12.1 Å². The molecule has 0 radical (unpaired) electrons. The van der Waals surface area contributed by atoms with Gasteiger partial charge in [-0.1, -0.05) is 6.58 Å². The van der Waals surface area contributed by atoms with Gasteiger partial charge in [-0.25, -0.2) is 9.59 Å². The van der Waals surface area contributed by atoms with Crippen molar-refractivity contribution < 1.29 is 28.5 Å². The van der Waals surface area contributed by atoms with Crippen LogP contribution in [0.2, 0.25) is 0 Å². The standard InChI is InChI=1S/C15H18O6/c1-3-14(16)19-10-4-5-11-20-15(17)21-13-8-6-12(18-2)7-9-13/h3,6-9H,1,4-5,10-11H2,2H3. The van der Waals surface area contributed by atoms with Gasteiger partial charge in [0, 0.05) is 6.08 Å². The molecule has 0 unspecified atom stereocenters. The molecule has 1 aromatic carbocycles. The van der Waals surface area contributed by atoms with E-state index in [0.29, 0.717) is 24.3 Å².